The van der Waals surface area contributed by atoms with Gasteiger partial charge in [-0.05, 0) is 43.3 Å². The molecule has 0 spiro atoms. The molecule has 1 aromatic heterocycles. The quantitative estimate of drug-likeness (QED) is 0.855. The average Bonchev–Trinajstić information content (AvgIpc) is 2.41. The molecular formula is C16H20ClN3. The third-order valence-corrected chi connectivity index (χ3v) is 3.60. The van der Waals surface area contributed by atoms with E-state index >= 15 is 0 Å². The number of hydrogen-bond acceptors (Lipinski definition) is 3. The van der Waals surface area contributed by atoms with E-state index < -0.39 is 0 Å². The molecule has 0 unspecified atom stereocenters. The summed E-state index contributed by atoms with van der Waals surface area (Å²) in [5.74, 6) is 0. The summed E-state index contributed by atoms with van der Waals surface area (Å²) in [6.45, 7) is 6.71. The first-order valence-electron chi connectivity index (χ1n) is 6.77. The molecule has 4 heteroatoms. The monoisotopic (exact) mass is 289 g/mol. The number of nitrogen functional groups attached to an aromatic ring is 1. The maximum atomic E-state index is 6.24. The van der Waals surface area contributed by atoms with Gasteiger partial charge < -0.3 is 5.73 Å². The number of halogens is 1. The van der Waals surface area contributed by atoms with Crippen molar-refractivity contribution in [1.82, 2.24) is 9.88 Å². The minimum absolute atomic E-state index is 0.696. The molecular weight excluding hydrogens is 270 g/mol. The van der Waals surface area contributed by atoms with Crippen molar-refractivity contribution in [3.8, 4) is 0 Å². The predicted molar refractivity (Wildman–Crippen MR) is 84.6 cm³/mol. The number of rotatable bonds is 5. The van der Waals surface area contributed by atoms with E-state index in [9.17, 15) is 0 Å². The number of nitrogens with two attached hydrogens (primary N) is 1. The third-order valence-electron chi connectivity index (χ3n) is 3.25. The summed E-state index contributed by atoms with van der Waals surface area (Å²) < 4.78 is 0. The van der Waals surface area contributed by atoms with Gasteiger partial charge in [-0.3, -0.25) is 9.88 Å². The number of hydrogen-bond donors (Lipinski definition) is 1. The van der Waals surface area contributed by atoms with Crippen molar-refractivity contribution in [2.45, 2.75) is 26.9 Å². The van der Waals surface area contributed by atoms with E-state index in [1.165, 1.54) is 0 Å². The Hall–Kier alpha value is -1.58. The Morgan fingerprint density at radius 3 is 2.65 bits per heavy atom. The van der Waals surface area contributed by atoms with Crippen LogP contribution in [0.3, 0.4) is 0 Å². The normalized spacial score (nSPS) is 11.0. The SMILES string of the molecule is CCN(Cc1cccc(C)n1)Cc1ccc(N)cc1Cl. The second-order valence-electron chi connectivity index (χ2n) is 4.92. The Morgan fingerprint density at radius 2 is 2.00 bits per heavy atom. The van der Waals surface area contributed by atoms with Gasteiger partial charge in [-0.2, -0.15) is 0 Å². The molecule has 0 bridgehead atoms. The zero-order chi connectivity index (χ0) is 14.5. The Bertz CT molecular complexity index is 584. The largest absolute Gasteiger partial charge is 0.399 e. The molecule has 0 saturated heterocycles. The molecule has 0 aliphatic rings. The molecule has 0 radical (unpaired) electrons. The lowest BCUT2D eigenvalue weighted by atomic mass is 10.2. The van der Waals surface area contributed by atoms with Crippen LogP contribution in [-0.2, 0) is 13.1 Å². The summed E-state index contributed by atoms with van der Waals surface area (Å²) in [5.41, 5.74) is 9.64. The van der Waals surface area contributed by atoms with Crippen LogP contribution >= 0.6 is 11.6 Å². The van der Waals surface area contributed by atoms with Crippen LogP contribution in [-0.4, -0.2) is 16.4 Å². The van der Waals surface area contributed by atoms with Crippen molar-refractivity contribution in [2.24, 2.45) is 0 Å². The molecule has 20 heavy (non-hydrogen) atoms. The fourth-order valence-electron chi connectivity index (χ4n) is 2.13. The van der Waals surface area contributed by atoms with E-state index in [2.05, 4.69) is 22.9 Å². The minimum Gasteiger partial charge on any atom is -0.399 e. The lowest BCUT2D eigenvalue weighted by Crippen LogP contribution is -2.23. The summed E-state index contributed by atoms with van der Waals surface area (Å²) in [7, 11) is 0. The van der Waals surface area contributed by atoms with Crippen LogP contribution in [0.4, 0.5) is 5.69 Å². The van der Waals surface area contributed by atoms with Crippen LogP contribution in [0, 0.1) is 6.92 Å². The first-order chi connectivity index (χ1) is 9.58. The second kappa shape index (κ2) is 6.73. The summed E-state index contributed by atoms with van der Waals surface area (Å²) >= 11 is 6.24. The second-order valence-corrected chi connectivity index (χ2v) is 5.33. The maximum absolute atomic E-state index is 6.24. The van der Waals surface area contributed by atoms with E-state index in [0.29, 0.717) is 5.69 Å². The van der Waals surface area contributed by atoms with Crippen LogP contribution in [0.15, 0.2) is 36.4 Å². The van der Waals surface area contributed by atoms with Gasteiger partial charge in [0.15, 0.2) is 0 Å². The highest BCUT2D eigenvalue weighted by Crippen LogP contribution is 2.21. The number of benzene rings is 1. The highest BCUT2D eigenvalue weighted by Gasteiger charge is 2.09. The van der Waals surface area contributed by atoms with Gasteiger partial charge in [-0.1, -0.05) is 30.7 Å². The predicted octanol–water partition coefficient (Wildman–Crippen LogP) is 3.65. The van der Waals surface area contributed by atoms with Crippen LogP contribution in [0.2, 0.25) is 5.02 Å². The molecule has 2 N–H and O–H groups in total. The van der Waals surface area contributed by atoms with Gasteiger partial charge in [0.1, 0.15) is 0 Å². The lowest BCUT2D eigenvalue weighted by molar-refractivity contribution is 0.268. The fourth-order valence-corrected chi connectivity index (χ4v) is 2.38. The van der Waals surface area contributed by atoms with Crippen molar-refractivity contribution < 1.29 is 0 Å². The van der Waals surface area contributed by atoms with Crippen molar-refractivity contribution in [1.29, 1.82) is 0 Å². The number of anilines is 1. The number of pyridine rings is 1. The van der Waals surface area contributed by atoms with E-state index in [0.717, 1.165) is 41.6 Å². The number of nitrogens with zero attached hydrogens (tertiary/aromatic N) is 2. The molecule has 0 aliphatic heterocycles. The molecule has 0 fully saturated rings. The van der Waals surface area contributed by atoms with E-state index in [4.69, 9.17) is 17.3 Å². The Balaban J connectivity index is 2.09. The van der Waals surface area contributed by atoms with Crippen LogP contribution in [0.25, 0.3) is 0 Å². The van der Waals surface area contributed by atoms with E-state index in [-0.39, 0.29) is 0 Å². The van der Waals surface area contributed by atoms with Gasteiger partial charge in [-0.25, -0.2) is 0 Å². The van der Waals surface area contributed by atoms with E-state index in [1.54, 1.807) is 6.07 Å². The zero-order valence-corrected chi connectivity index (χ0v) is 12.7. The van der Waals surface area contributed by atoms with Gasteiger partial charge in [0.25, 0.3) is 0 Å². The first-order valence-corrected chi connectivity index (χ1v) is 7.15. The molecule has 2 aromatic rings. The van der Waals surface area contributed by atoms with Gasteiger partial charge in [0.2, 0.25) is 0 Å². The van der Waals surface area contributed by atoms with Crippen molar-refractivity contribution >= 4 is 17.3 Å². The van der Waals surface area contributed by atoms with Gasteiger partial charge in [0, 0.05) is 29.5 Å². The third kappa shape index (κ3) is 3.95. The summed E-state index contributed by atoms with van der Waals surface area (Å²) in [6, 6.07) is 11.8. The van der Waals surface area contributed by atoms with Gasteiger partial charge in [-0.15, -0.1) is 0 Å². The van der Waals surface area contributed by atoms with Crippen molar-refractivity contribution in [3.05, 3.63) is 58.4 Å². The van der Waals surface area contributed by atoms with E-state index in [1.807, 2.05) is 31.2 Å². The Labute approximate surface area is 125 Å². The average molecular weight is 290 g/mol. The van der Waals surface area contributed by atoms with Crippen molar-refractivity contribution in [2.75, 3.05) is 12.3 Å². The molecule has 106 valence electrons. The maximum Gasteiger partial charge on any atom is 0.0547 e. The molecule has 0 aliphatic carbocycles. The van der Waals surface area contributed by atoms with Crippen LogP contribution < -0.4 is 5.73 Å². The highest BCUT2D eigenvalue weighted by atomic mass is 35.5. The molecule has 1 heterocycles. The van der Waals surface area contributed by atoms with Gasteiger partial charge >= 0.3 is 0 Å². The fraction of sp³-hybridized carbons (Fsp3) is 0.312. The van der Waals surface area contributed by atoms with Crippen LogP contribution in [0.5, 0.6) is 0 Å². The minimum atomic E-state index is 0.696. The van der Waals surface area contributed by atoms with Crippen LogP contribution in [0.1, 0.15) is 23.9 Å². The lowest BCUT2D eigenvalue weighted by Gasteiger charge is -2.21. The number of aryl methyl sites for hydroxylation is 1. The zero-order valence-electron chi connectivity index (χ0n) is 11.9. The highest BCUT2D eigenvalue weighted by molar-refractivity contribution is 6.31. The Morgan fingerprint density at radius 1 is 1.20 bits per heavy atom. The standard InChI is InChI=1S/C16H20ClN3/c1-3-20(11-15-6-4-5-12(2)19-15)10-13-7-8-14(18)9-16(13)17/h4-9H,3,10-11,18H2,1-2H3. The summed E-state index contributed by atoms with van der Waals surface area (Å²) in [6.07, 6.45) is 0. The first kappa shape index (κ1) is 14.8. The molecule has 0 amide bonds. The Kier molecular flexibility index (Phi) is 4.99. The molecule has 3 nitrogen and oxygen atoms in total. The molecule has 0 atom stereocenters. The number of aromatic nitrogens is 1. The molecule has 1 aromatic carbocycles. The topological polar surface area (TPSA) is 42.2 Å². The van der Waals surface area contributed by atoms with Crippen molar-refractivity contribution in [3.63, 3.8) is 0 Å². The summed E-state index contributed by atoms with van der Waals surface area (Å²) in [4.78, 5) is 6.85. The summed E-state index contributed by atoms with van der Waals surface area (Å²) in [5, 5.41) is 0.723. The van der Waals surface area contributed by atoms with Gasteiger partial charge in [0.05, 0.1) is 5.69 Å². The smallest absolute Gasteiger partial charge is 0.0547 e. The molecule has 2 rings (SSSR count). The molecule has 0 saturated carbocycles.